The fourth-order valence-corrected chi connectivity index (χ4v) is 1.86. The minimum absolute atomic E-state index is 0. The van der Waals surface area contributed by atoms with E-state index >= 15 is 0 Å². The minimum Gasteiger partial charge on any atom is -0.394 e. The molecule has 0 unspecified atom stereocenters. The molecule has 0 heterocycles. The summed E-state index contributed by atoms with van der Waals surface area (Å²) >= 11 is 0. The molecule has 5 N–H and O–H groups in total. The van der Waals surface area contributed by atoms with Crippen molar-refractivity contribution in [2.24, 2.45) is 0 Å². The molecular formula is C19H44O5Ti. The third kappa shape index (κ3) is 59.0. The molecule has 0 rings (SSSR count). The molecule has 0 amide bonds. The molecule has 0 aromatic rings. The van der Waals surface area contributed by atoms with Crippen LogP contribution in [0.3, 0.4) is 0 Å². The Bertz CT molecular complexity index is 181. The van der Waals surface area contributed by atoms with Crippen molar-refractivity contribution in [2.75, 3.05) is 0 Å². The Morgan fingerprint density at radius 3 is 0.960 bits per heavy atom. The molecule has 0 aromatic heterocycles. The van der Waals surface area contributed by atoms with Gasteiger partial charge in [0.15, 0.2) is 12.6 Å². The van der Waals surface area contributed by atoms with Gasteiger partial charge in [0, 0.05) is 27.8 Å². The summed E-state index contributed by atoms with van der Waals surface area (Å²) in [5.41, 5.74) is 0. The SMILES string of the molecule is CC(C)O.CCCCCCCC(O)O.CCCCCCCC(O)O.[Ti]. The summed E-state index contributed by atoms with van der Waals surface area (Å²) in [5, 5.41) is 41.9. The fraction of sp³-hybridized carbons (Fsp3) is 1.00. The first-order chi connectivity index (χ1) is 11.3. The van der Waals surface area contributed by atoms with Crippen molar-refractivity contribution in [1.82, 2.24) is 0 Å². The van der Waals surface area contributed by atoms with Crippen molar-refractivity contribution >= 4 is 0 Å². The summed E-state index contributed by atoms with van der Waals surface area (Å²) in [6.07, 6.45) is 10.3. The number of aliphatic hydroxyl groups is 5. The van der Waals surface area contributed by atoms with Gasteiger partial charge in [-0.05, 0) is 39.5 Å². The zero-order valence-corrected chi connectivity index (χ0v) is 18.5. The average Bonchev–Trinajstić information content (AvgIpc) is 2.46. The molecule has 0 aromatic carbocycles. The second kappa shape index (κ2) is 29.3. The van der Waals surface area contributed by atoms with Crippen LogP contribution in [0.4, 0.5) is 0 Å². The third-order valence-electron chi connectivity index (χ3n) is 3.13. The summed E-state index contributed by atoms with van der Waals surface area (Å²) < 4.78 is 0. The van der Waals surface area contributed by atoms with Crippen LogP contribution in [0.15, 0.2) is 0 Å². The predicted octanol–water partition coefficient (Wildman–Crippen LogP) is 3.70. The zero-order chi connectivity index (χ0) is 19.2. The Kier molecular flexibility index (Phi) is 38.8. The summed E-state index contributed by atoms with van der Waals surface area (Å²) in [5.74, 6) is 0. The van der Waals surface area contributed by atoms with E-state index in [1.807, 2.05) is 0 Å². The molecule has 0 saturated carbocycles. The zero-order valence-electron chi connectivity index (χ0n) is 17.0. The number of rotatable bonds is 12. The maximum Gasteiger partial charge on any atom is 0.151 e. The van der Waals surface area contributed by atoms with Crippen LogP contribution < -0.4 is 0 Å². The second-order valence-electron chi connectivity index (χ2n) is 6.46. The monoisotopic (exact) mass is 400 g/mol. The fourth-order valence-electron chi connectivity index (χ4n) is 1.86. The van der Waals surface area contributed by atoms with E-state index in [0.29, 0.717) is 12.8 Å². The van der Waals surface area contributed by atoms with Gasteiger partial charge in [-0.25, -0.2) is 0 Å². The second-order valence-corrected chi connectivity index (χ2v) is 6.46. The Hall–Kier alpha value is 0.514. The van der Waals surface area contributed by atoms with Gasteiger partial charge in [0.25, 0.3) is 0 Å². The molecule has 0 aliphatic rings. The molecule has 0 spiro atoms. The topological polar surface area (TPSA) is 101 Å². The van der Waals surface area contributed by atoms with Crippen LogP contribution in [0.25, 0.3) is 0 Å². The van der Waals surface area contributed by atoms with Crippen molar-refractivity contribution < 1.29 is 47.3 Å². The summed E-state index contributed by atoms with van der Waals surface area (Å²) in [4.78, 5) is 0. The third-order valence-corrected chi connectivity index (χ3v) is 3.13. The van der Waals surface area contributed by atoms with E-state index in [9.17, 15) is 0 Å². The van der Waals surface area contributed by atoms with Gasteiger partial charge in [-0.2, -0.15) is 0 Å². The Morgan fingerprint density at radius 2 is 0.760 bits per heavy atom. The first-order valence-corrected chi connectivity index (χ1v) is 9.68. The first-order valence-electron chi connectivity index (χ1n) is 9.68. The van der Waals surface area contributed by atoms with Gasteiger partial charge in [-0.3, -0.25) is 0 Å². The quantitative estimate of drug-likeness (QED) is 0.195. The van der Waals surface area contributed by atoms with Crippen molar-refractivity contribution in [2.45, 2.75) is 123 Å². The standard InChI is InChI=1S/2C8H18O2.C3H8O.Ti/c2*1-2-3-4-5-6-7-8(9)10;1-3(2)4;/h2*8-10H,2-7H2,1H3;3-4H,1-2H3;. The van der Waals surface area contributed by atoms with Gasteiger partial charge in [-0.15, -0.1) is 0 Å². The molecule has 5 nitrogen and oxygen atoms in total. The van der Waals surface area contributed by atoms with Crippen molar-refractivity contribution in [3.8, 4) is 0 Å². The largest absolute Gasteiger partial charge is 0.394 e. The number of aliphatic hydroxyl groups excluding tert-OH is 3. The Morgan fingerprint density at radius 1 is 0.520 bits per heavy atom. The molecule has 0 atom stereocenters. The molecule has 154 valence electrons. The Labute approximate surface area is 170 Å². The summed E-state index contributed by atoms with van der Waals surface area (Å²) in [6, 6.07) is 0. The van der Waals surface area contributed by atoms with Crippen LogP contribution in [-0.2, 0) is 21.7 Å². The van der Waals surface area contributed by atoms with Crippen LogP contribution in [0, 0.1) is 0 Å². The van der Waals surface area contributed by atoms with Gasteiger partial charge in [0.05, 0.1) is 0 Å². The molecule has 0 fully saturated rings. The summed E-state index contributed by atoms with van der Waals surface area (Å²) in [6.45, 7) is 7.78. The molecule has 25 heavy (non-hydrogen) atoms. The van der Waals surface area contributed by atoms with Crippen LogP contribution in [-0.4, -0.2) is 44.2 Å². The van der Waals surface area contributed by atoms with Crippen molar-refractivity contribution in [3.05, 3.63) is 0 Å². The number of hydrogen-bond acceptors (Lipinski definition) is 5. The van der Waals surface area contributed by atoms with Crippen LogP contribution in [0.2, 0.25) is 0 Å². The predicted molar refractivity (Wildman–Crippen MR) is 101 cm³/mol. The van der Waals surface area contributed by atoms with Crippen LogP contribution >= 0.6 is 0 Å². The Balaban J connectivity index is -0.000000141. The van der Waals surface area contributed by atoms with Crippen molar-refractivity contribution in [1.29, 1.82) is 0 Å². The van der Waals surface area contributed by atoms with Gasteiger partial charge < -0.3 is 25.5 Å². The summed E-state index contributed by atoms with van der Waals surface area (Å²) in [7, 11) is 0. The van der Waals surface area contributed by atoms with Crippen molar-refractivity contribution in [3.63, 3.8) is 0 Å². The van der Waals surface area contributed by atoms with E-state index in [0.717, 1.165) is 25.7 Å². The van der Waals surface area contributed by atoms with Gasteiger partial charge >= 0.3 is 0 Å². The molecular weight excluding hydrogens is 356 g/mol. The van der Waals surface area contributed by atoms with Crippen LogP contribution in [0.1, 0.15) is 105 Å². The molecule has 0 aliphatic carbocycles. The van der Waals surface area contributed by atoms with Crippen LogP contribution in [0.5, 0.6) is 0 Å². The maximum absolute atomic E-state index is 8.46. The normalized spacial score (nSPS) is 10.1. The van der Waals surface area contributed by atoms with E-state index in [1.165, 1.54) is 38.5 Å². The number of hydrogen-bond donors (Lipinski definition) is 5. The van der Waals surface area contributed by atoms with E-state index < -0.39 is 12.6 Å². The molecule has 0 saturated heterocycles. The average molecular weight is 400 g/mol. The van der Waals surface area contributed by atoms with E-state index in [1.54, 1.807) is 13.8 Å². The smallest absolute Gasteiger partial charge is 0.151 e. The molecule has 0 aliphatic heterocycles. The molecule has 0 bridgehead atoms. The van der Waals surface area contributed by atoms with Gasteiger partial charge in [0.2, 0.25) is 0 Å². The number of unbranched alkanes of at least 4 members (excludes halogenated alkanes) is 8. The maximum atomic E-state index is 8.46. The molecule has 0 radical (unpaired) electrons. The van der Waals surface area contributed by atoms with E-state index in [-0.39, 0.29) is 27.8 Å². The first kappa shape index (κ1) is 33.1. The van der Waals surface area contributed by atoms with Gasteiger partial charge in [0.1, 0.15) is 0 Å². The molecule has 6 heteroatoms. The van der Waals surface area contributed by atoms with E-state index in [2.05, 4.69) is 13.8 Å². The van der Waals surface area contributed by atoms with Gasteiger partial charge in [-0.1, -0.05) is 65.2 Å². The van der Waals surface area contributed by atoms with E-state index in [4.69, 9.17) is 25.5 Å². The minimum atomic E-state index is -1.10.